The van der Waals surface area contributed by atoms with Gasteiger partial charge >= 0.3 is 0 Å². The predicted molar refractivity (Wildman–Crippen MR) is 115 cm³/mol. The van der Waals surface area contributed by atoms with E-state index in [4.69, 9.17) is 4.42 Å². The second-order valence-electron chi connectivity index (χ2n) is 7.50. The number of rotatable bonds is 4. The zero-order valence-electron chi connectivity index (χ0n) is 16.7. The normalized spacial score (nSPS) is 14.2. The van der Waals surface area contributed by atoms with Crippen molar-refractivity contribution >= 4 is 28.5 Å². The van der Waals surface area contributed by atoms with E-state index >= 15 is 0 Å². The molecule has 5 rings (SSSR count). The lowest BCUT2D eigenvalue weighted by Crippen LogP contribution is -2.48. The van der Waals surface area contributed by atoms with Crippen molar-refractivity contribution in [2.24, 2.45) is 0 Å². The molecule has 2 aromatic heterocycles. The third-order valence-corrected chi connectivity index (χ3v) is 5.67. The molecule has 1 amide bonds. The van der Waals surface area contributed by atoms with Gasteiger partial charge in [-0.25, -0.2) is 4.39 Å². The van der Waals surface area contributed by atoms with Gasteiger partial charge in [-0.2, -0.15) is 0 Å². The molecule has 0 atom stereocenters. The first-order valence-corrected chi connectivity index (χ1v) is 10.1. The maximum Gasteiger partial charge on any atom is 0.254 e. The van der Waals surface area contributed by atoms with Gasteiger partial charge in [0.1, 0.15) is 5.82 Å². The lowest BCUT2D eigenvalue weighted by atomic mass is 9.98. The number of hydrogen-bond donors (Lipinski definition) is 1. The van der Waals surface area contributed by atoms with Crippen LogP contribution in [0.4, 0.5) is 10.3 Å². The third-order valence-electron chi connectivity index (χ3n) is 5.67. The summed E-state index contributed by atoms with van der Waals surface area (Å²) in [6.45, 7) is 2.45. The van der Waals surface area contributed by atoms with Crippen molar-refractivity contribution in [2.45, 2.75) is 0 Å². The highest BCUT2D eigenvalue weighted by molar-refractivity contribution is 6.20. The summed E-state index contributed by atoms with van der Waals surface area (Å²) in [7, 11) is 0. The van der Waals surface area contributed by atoms with E-state index in [1.807, 2.05) is 18.2 Å². The standard InChI is InChI=1S/C24H20FN3O3/c25-17-8-6-16(7-9-17)23(29)19-15-26-20-4-1-3-18(22(19)20)24(30)28-12-10-27(11-13-28)21-5-2-14-31-21/h1-9,14-15,26H,10-13H2. The molecule has 31 heavy (non-hydrogen) atoms. The number of aromatic amines is 1. The van der Waals surface area contributed by atoms with E-state index < -0.39 is 5.82 Å². The average Bonchev–Trinajstić information content (AvgIpc) is 3.49. The molecular formula is C24H20FN3O3. The smallest absolute Gasteiger partial charge is 0.254 e. The van der Waals surface area contributed by atoms with E-state index in [0.29, 0.717) is 53.8 Å². The number of carbonyl (C=O) groups excluding carboxylic acids is 2. The van der Waals surface area contributed by atoms with Crippen LogP contribution >= 0.6 is 0 Å². The minimum absolute atomic E-state index is 0.113. The van der Waals surface area contributed by atoms with Crippen LogP contribution in [0.15, 0.2) is 71.5 Å². The highest BCUT2D eigenvalue weighted by Gasteiger charge is 2.26. The number of amides is 1. The summed E-state index contributed by atoms with van der Waals surface area (Å²) in [6, 6.07) is 14.6. The minimum atomic E-state index is -0.403. The lowest BCUT2D eigenvalue weighted by molar-refractivity contribution is 0.0747. The van der Waals surface area contributed by atoms with Crippen LogP contribution in [0.5, 0.6) is 0 Å². The Bertz CT molecular complexity index is 1240. The summed E-state index contributed by atoms with van der Waals surface area (Å²) in [4.78, 5) is 33.4. The van der Waals surface area contributed by atoms with Gasteiger partial charge in [-0.05, 0) is 42.5 Å². The summed E-state index contributed by atoms with van der Waals surface area (Å²) in [5.41, 5.74) is 1.97. The maximum absolute atomic E-state index is 13.4. The molecule has 7 heteroatoms. The largest absolute Gasteiger partial charge is 0.449 e. The van der Waals surface area contributed by atoms with Gasteiger partial charge in [-0.15, -0.1) is 0 Å². The number of nitrogens with zero attached hydrogens (tertiary/aromatic N) is 2. The van der Waals surface area contributed by atoms with Crippen LogP contribution in [0.2, 0.25) is 0 Å². The number of piperazine rings is 1. The fourth-order valence-corrected chi connectivity index (χ4v) is 4.05. The number of anilines is 1. The Morgan fingerprint density at radius 3 is 2.39 bits per heavy atom. The van der Waals surface area contributed by atoms with E-state index in [1.54, 1.807) is 29.5 Å². The van der Waals surface area contributed by atoms with Crippen LogP contribution in [0, 0.1) is 5.82 Å². The summed E-state index contributed by atoms with van der Waals surface area (Å²) >= 11 is 0. The van der Waals surface area contributed by atoms with Gasteiger partial charge in [0.25, 0.3) is 5.91 Å². The third kappa shape index (κ3) is 3.48. The van der Waals surface area contributed by atoms with Crippen LogP contribution in [0.3, 0.4) is 0 Å². The molecule has 1 aliphatic heterocycles. The zero-order chi connectivity index (χ0) is 21.4. The molecule has 1 fully saturated rings. The van der Waals surface area contributed by atoms with Crippen LogP contribution in [-0.4, -0.2) is 47.8 Å². The Hall–Kier alpha value is -3.87. The number of furan rings is 1. The second-order valence-corrected chi connectivity index (χ2v) is 7.50. The molecule has 0 radical (unpaired) electrons. The quantitative estimate of drug-likeness (QED) is 0.508. The van der Waals surface area contributed by atoms with E-state index in [-0.39, 0.29) is 11.7 Å². The monoisotopic (exact) mass is 417 g/mol. The molecule has 0 saturated carbocycles. The molecule has 0 spiro atoms. The fourth-order valence-electron chi connectivity index (χ4n) is 4.05. The number of fused-ring (bicyclic) bond motifs is 1. The Balaban J connectivity index is 1.44. The molecule has 4 aromatic rings. The first kappa shape index (κ1) is 19.1. The van der Waals surface area contributed by atoms with Crippen LogP contribution in [0.25, 0.3) is 10.9 Å². The van der Waals surface area contributed by atoms with Gasteiger partial charge in [0.05, 0.1) is 6.26 Å². The zero-order valence-corrected chi connectivity index (χ0v) is 16.7. The minimum Gasteiger partial charge on any atom is -0.449 e. The van der Waals surface area contributed by atoms with Gasteiger partial charge in [-0.1, -0.05) is 6.07 Å². The number of ketones is 1. The van der Waals surface area contributed by atoms with Crippen molar-refractivity contribution in [1.82, 2.24) is 9.88 Å². The highest BCUT2D eigenvalue weighted by Crippen LogP contribution is 2.27. The van der Waals surface area contributed by atoms with E-state index in [9.17, 15) is 14.0 Å². The number of hydrogen-bond acceptors (Lipinski definition) is 4. The van der Waals surface area contributed by atoms with Crippen molar-refractivity contribution < 1.29 is 18.4 Å². The van der Waals surface area contributed by atoms with Crippen LogP contribution in [-0.2, 0) is 0 Å². The number of carbonyl (C=O) groups is 2. The van der Waals surface area contributed by atoms with Gasteiger partial charge in [0.2, 0.25) is 0 Å². The van der Waals surface area contributed by atoms with Crippen molar-refractivity contribution in [1.29, 1.82) is 0 Å². The molecule has 2 aromatic carbocycles. The molecular weight excluding hydrogens is 397 g/mol. The summed E-state index contributed by atoms with van der Waals surface area (Å²) in [5.74, 6) is 0.0265. The molecule has 6 nitrogen and oxygen atoms in total. The number of halogens is 1. The number of nitrogens with one attached hydrogen (secondary N) is 1. The second kappa shape index (κ2) is 7.75. The molecule has 156 valence electrons. The van der Waals surface area contributed by atoms with E-state index in [0.717, 1.165) is 5.88 Å². The summed E-state index contributed by atoms with van der Waals surface area (Å²) in [5, 5.41) is 0.593. The van der Waals surface area contributed by atoms with Crippen LogP contribution < -0.4 is 4.90 Å². The first-order chi connectivity index (χ1) is 15.1. The first-order valence-electron chi connectivity index (χ1n) is 10.1. The fraction of sp³-hybridized carbons (Fsp3) is 0.167. The molecule has 0 unspecified atom stereocenters. The van der Waals surface area contributed by atoms with Crippen molar-refractivity contribution in [2.75, 3.05) is 31.1 Å². The number of H-pyrrole nitrogens is 1. The number of aromatic nitrogens is 1. The van der Waals surface area contributed by atoms with Crippen molar-refractivity contribution in [3.63, 3.8) is 0 Å². The van der Waals surface area contributed by atoms with E-state index in [2.05, 4.69) is 9.88 Å². The average molecular weight is 417 g/mol. The Labute approximate surface area is 177 Å². The van der Waals surface area contributed by atoms with Gasteiger partial charge in [-0.3, -0.25) is 9.59 Å². The van der Waals surface area contributed by atoms with Gasteiger partial charge < -0.3 is 19.2 Å². The summed E-state index contributed by atoms with van der Waals surface area (Å²) in [6.07, 6.45) is 3.25. The van der Waals surface area contributed by atoms with Gasteiger partial charge in [0, 0.05) is 66.0 Å². The predicted octanol–water partition coefficient (Wildman–Crippen LogP) is 4.09. The van der Waals surface area contributed by atoms with Gasteiger partial charge in [0.15, 0.2) is 11.7 Å². The SMILES string of the molecule is O=C(c1ccc(F)cc1)c1c[nH]c2cccc(C(=O)N3CCN(c4ccco4)CC3)c12. The topological polar surface area (TPSA) is 69.6 Å². The molecule has 0 aliphatic carbocycles. The maximum atomic E-state index is 13.4. The Morgan fingerprint density at radius 1 is 0.903 bits per heavy atom. The van der Waals surface area contributed by atoms with Crippen LogP contribution in [0.1, 0.15) is 26.3 Å². The van der Waals surface area contributed by atoms with E-state index in [1.165, 1.54) is 24.3 Å². The summed E-state index contributed by atoms with van der Waals surface area (Å²) < 4.78 is 18.7. The molecule has 1 saturated heterocycles. The molecule has 1 N–H and O–H groups in total. The van der Waals surface area contributed by atoms with Crippen molar-refractivity contribution in [3.05, 3.63) is 89.6 Å². The number of benzene rings is 2. The van der Waals surface area contributed by atoms with Crippen molar-refractivity contribution in [3.8, 4) is 0 Å². The molecule has 3 heterocycles. The Morgan fingerprint density at radius 2 is 1.68 bits per heavy atom. The highest BCUT2D eigenvalue weighted by atomic mass is 19.1. The molecule has 1 aliphatic rings. The lowest BCUT2D eigenvalue weighted by Gasteiger charge is -2.34. The Kier molecular flexibility index (Phi) is 4.78. The molecule has 0 bridgehead atoms.